The fourth-order valence-electron chi connectivity index (χ4n) is 8.76. The van der Waals surface area contributed by atoms with E-state index in [1.807, 2.05) is 36.5 Å². The molecule has 66 heavy (non-hydrogen) atoms. The van der Waals surface area contributed by atoms with Crippen LogP contribution in [0.15, 0.2) is 128 Å². The molecule has 1 aliphatic heterocycles. The topological polar surface area (TPSA) is 42.8 Å². The van der Waals surface area contributed by atoms with E-state index in [1.165, 1.54) is 27.8 Å². The number of para-hydroxylation sites is 3. The zero-order valence-electron chi connectivity index (χ0n) is 40.4. The Labute approximate surface area is 406 Å². The summed E-state index contributed by atoms with van der Waals surface area (Å²) >= 11 is 0. The summed E-state index contributed by atoms with van der Waals surface area (Å²) in [5.41, 5.74) is 12.5. The van der Waals surface area contributed by atoms with Crippen LogP contribution in [0.25, 0.3) is 27.6 Å². The van der Waals surface area contributed by atoms with Gasteiger partial charge in [0.15, 0.2) is 0 Å². The first-order chi connectivity index (χ1) is 30.9. The molecule has 0 N–H and O–H groups in total. The molecular weight excluding hydrogens is 992 g/mol. The molecule has 0 saturated heterocycles. The van der Waals surface area contributed by atoms with Crippen molar-refractivity contribution >= 4 is 44.6 Å². The Balaban J connectivity index is 0.00000592. The van der Waals surface area contributed by atoms with Gasteiger partial charge in [0, 0.05) is 67.4 Å². The van der Waals surface area contributed by atoms with E-state index >= 15 is 0 Å². The molecule has 8 aromatic rings. The van der Waals surface area contributed by atoms with Gasteiger partial charge >= 0.3 is 0 Å². The Morgan fingerprint density at radius 2 is 1.20 bits per heavy atom. The predicted octanol–water partition coefficient (Wildman–Crippen LogP) is 16.7. The first-order valence-electron chi connectivity index (χ1n) is 23.1. The number of fused-ring (bicyclic) bond motifs is 4. The number of anilines is 4. The minimum atomic E-state index is -0.00631. The van der Waals surface area contributed by atoms with E-state index in [9.17, 15) is 0 Å². The minimum Gasteiger partial charge on any atom is -0.509 e. The second kappa shape index (κ2) is 18.1. The van der Waals surface area contributed by atoms with E-state index in [0.29, 0.717) is 29.3 Å². The molecule has 0 bridgehead atoms. The van der Waals surface area contributed by atoms with Gasteiger partial charge in [-0.3, -0.25) is 0 Å². The Kier molecular flexibility index (Phi) is 12.8. The molecule has 0 amide bonds. The van der Waals surface area contributed by atoms with Gasteiger partial charge in [-0.15, -0.1) is 48.1 Å². The number of aromatic nitrogens is 2. The summed E-state index contributed by atoms with van der Waals surface area (Å²) in [7, 11) is 0. The molecule has 0 fully saturated rings. The summed E-state index contributed by atoms with van der Waals surface area (Å²) in [6, 6.07) is 50.0. The van der Waals surface area contributed by atoms with Gasteiger partial charge in [-0.1, -0.05) is 137 Å². The molecule has 6 nitrogen and oxygen atoms in total. The van der Waals surface area contributed by atoms with Crippen molar-refractivity contribution in [1.82, 2.24) is 9.55 Å². The smallest absolute Gasteiger partial charge is 0.139 e. The van der Waals surface area contributed by atoms with Crippen molar-refractivity contribution in [1.29, 1.82) is 0 Å². The van der Waals surface area contributed by atoms with Gasteiger partial charge in [-0.05, 0) is 98.2 Å². The molecule has 2 aromatic heterocycles. The van der Waals surface area contributed by atoms with Crippen LogP contribution in [0.5, 0.6) is 23.0 Å². The molecule has 0 aliphatic carbocycles. The van der Waals surface area contributed by atoms with E-state index in [0.717, 1.165) is 61.9 Å². The van der Waals surface area contributed by atoms with E-state index in [4.69, 9.17) is 14.5 Å². The van der Waals surface area contributed by atoms with Crippen LogP contribution in [0, 0.1) is 18.8 Å². The molecule has 0 spiro atoms. The number of benzene rings is 6. The van der Waals surface area contributed by atoms with Crippen LogP contribution in [0.4, 0.5) is 22.7 Å². The van der Waals surface area contributed by atoms with E-state index < -0.39 is 0 Å². The summed E-state index contributed by atoms with van der Waals surface area (Å²) < 4.78 is 15.7. The van der Waals surface area contributed by atoms with Crippen LogP contribution in [0.2, 0.25) is 0 Å². The van der Waals surface area contributed by atoms with Gasteiger partial charge in [0.05, 0.1) is 0 Å². The van der Waals surface area contributed by atoms with Crippen LogP contribution in [-0.4, -0.2) is 9.55 Å². The zero-order chi connectivity index (χ0) is 45.9. The minimum absolute atomic E-state index is 0. The van der Waals surface area contributed by atoms with Crippen LogP contribution in [0.1, 0.15) is 129 Å². The molecule has 3 heterocycles. The maximum Gasteiger partial charge on any atom is 0.139 e. The van der Waals surface area contributed by atoms with Crippen LogP contribution < -0.4 is 19.3 Å². The largest absolute Gasteiger partial charge is 0.509 e. The number of nitrogens with zero attached hydrogens (tertiary/aromatic N) is 4. The summed E-state index contributed by atoms with van der Waals surface area (Å²) in [4.78, 5) is 9.42. The summed E-state index contributed by atoms with van der Waals surface area (Å²) in [6.07, 6.45) is 1.83. The maximum absolute atomic E-state index is 6.91. The third-order valence-corrected chi connectivity index (χ3v) is 12.6. The van der Waals surface area contributed by atoms with E-state index in [1.54, 1.807) is 0 Å². The predicted molar refractivity (Wildman–Crippen MR) is 270 cm³/mol. The van der Waals surface area contributed by atoms with Crippen molar-refractivity contribution < 1.29 is 30.5 Å². The van der Waals surface area contributed by atoms with Crippen LogP contribution >= 0.6 is 0 Å². The Hall–Kier alpha value is -5.84. The fraction of sp³-hybridized carbons (Fsp3) is 0.288. The van der Waals surface area contributed by atoms with Crippen molar-refractivity contribution in [2.24, 2.45) is 0 Å². The van der Waals surface area contributed by atoms with Gasteiger partial charge < -0.3 is 23.8 Å². The van der Waals surface area contributed by atoms with Crippen LogP contribution in [-0.2, 0) is 31.9 Å². The number of hydrogen-bond donors (Lipinski definition) is 0. The second-order valence-corrected chi connectivity index (χ2v) is 20.5. The Morgan fingerprint density at radius 3 is 1.83 bits per heavy atom. The summed E-state index contributed by atoms with van der Waals surface area (Å²) in [6.45, 7) is 29.3. The maximum atomic E-state index is 6.91. The molecule has 0 radical (unpaired) electrons. The van der Waals surface area contributed by atoms with Gasteiger partial charge in [0.1, 0.15) is 17.3 Å². The average molecular weight is 1050 g/mol. The van der Waals surface area contributed by atoms with Gasteiger partial charge in [0.25, 0.3) is 0 Å². The van der Waals surface area contributed by atoms with Crippen molar-refractivity contribution in [3.8, 4) is 28.8 Å². The van der Waals surface area contributed by atoms with Gasteiger partial charge in [-0.2, -0.15) is 12.1 Å². The average Bonchev–Trinajstić information content (AvgIpc) is 3.82. The first-order valence-corrected chi connectivity index (χ1v) is 23.1. The molecular formula is C59H61N4O2Pt-3. The van der Waals surface area contributed by atoms with Gasteiger partial charge in [-0.25, -0.2) is 4.98 Å². The number of hydrogen-bond acceptors (Lipinski definition) is 5. The molecule has 9 rings (SSSR count). The quantitative estimate of drug-likeness (QED) is 0.128. The van der Waals surface area contributed by atoms with E-state index in [2.05, 4.69) is 207 Å². The molecule has 1 aliphatic rings. The summed E-state index contributed by atoms with van der Waals surface area (Å²) in [5, 5.41) is 2.16. The van der Waals surface area contributed by atoms with Crippen molar-refractivity contribution in [3.05, 3.63) is 174 Å². The number of ether oxygens (including phenoxy) is 2. The first kappa shape index (κ1) is 46.7. The van der Waals surface area contributed by atoms with Crippen molar-refractivity contribution in [2.75, 3.05) is 9.80 Å². The molecule has 0 unspecified atom stereocenters. The molecule has 7 heteroatoms. The van der Waals surface area contributed by atoms with Crippen molar-refractivity contribution in [3.63, 3.8) is 0 Å². The standard InChI is InChI=1S/C59H61N4O2.Pt/c1-37(2)40-28-50(38(3)4)57(51(29-40)39(5)6)65-47-26-27-60-56(35-47)63-52-21-14-13-20-48(52)49-25-24-46(34-55(49)63)64-45-19-17-18-43(33-45)61-36-62(54-23-16-15-22-53(54)61)44-31-41(58(7,8)9)30-42(32-44)59(10,11)12;/h13-32,35-39H,1-12H3;/q-3;. The normalized spacial score (nSPS) is 13.0. The Bertz CT molecular complexity index is 3000. The molecule has 0 saturated carbocycles. The van der Waals surface area contributed by atoms with E-state index in [-0.39, 0.29) is 31.9 Å². The fourth-order valence-corrected chi connectivity index (χ4v) is 8.76. The third kappa shape index (κ3) is 9.02. The SMILES string of the molecule is CC(C)c1cc(C(C)C)c(Oc2ccnc(-n3c4[c-]c(Oc5[c-]c(N6[CH-]N(c7cc(C(C)(C)C)cc(C(C)(C)C)c7)c7ccccc76)ccc5)ccc4c4ccccc43)c2)c(C(C)C)c1.[Pt]. The van der Waals surface area contributed by atoms with Gasteiger partial charge in [0.2, 0.25) is 0 Å². The number of pyridine rings is 1. The van der Waals surface area contributed by atoms with Crippen molar-refractivity contribution in [2.45, 2.75) is 112 Å². The summed E-state index contributed by atoms with van der Waals surface area (Å²) in [5.74, 6) is 4.59. The number of rotatable bonds is 10. The zero-order valence-corrected chi connectivity index (χ0v) is 42.6. The molecule has 0 atom stereocenters. The molecule has 6 aromatic carbocycles. The monoisotopic (exact) mass is 1050 g/mol. The molecule has 342 valence electrons. The third-order valence-electron chi connectivity index (χ3n) is 12.6. The van der Waals surface area contributed by atoms with Crippen LogP contribution in [0.3, 0.4) is 0 Å². The second-order valence-electron chi connectivity index (χ2n) is 20.5. The Morgan fingerprint density at radius 1 is 0.576 bits per heavy atom.